The molecule has 1 aromatic heterocycles. The molecule has 0 atom stereocenters. The lowest BCUT2D eigenvalue weighted by molar-refractivity contribution is 0.102. The van der Waals surface area contributed by atoms with Crippen molar-refractivity contribution in [1.82, 2.24) is 4.98 Å². The van der Waals surface area contributed by atoms with Crippen LogP contribution in [0.4, 0.5) is 11.4 Å². The molecule has 0 saturated carbocycles. The molecule has 0 aliphatic heterocycles. The summed E-state index contributed by atoms with van der Waals surface area (Å²) in [6.45, 7) is 0. The van der Waals surface area contributed by atoms with Gasteiger partial charge in [0.2, 0.25) is 0 Å². The first-order chi connectivity index (χ1) is 7.65. The van der Waals surface area contributed by atoms with Gasteiger partial charge in [-0.15, -0.1) is 0 Å². The number of anilines is 2. The third-order valence-corrected chi connectivity index (χ3v) is 2.70. The number of aromatic nitrogens is 1. The van der Waals surface area contributed by atoms with Crippen LogP contribution in [0.5, 0.6) is 0 Å². The van der Waals surface area contributed by atoms with Crippen molar-refractivity contribution in [1.29, 1.82) is 0 Å². The minimum Gasteiger partial charge on any atom is -0.397 e. The first kappa shape index (κ1) is 11.0. The summed E-state index contributed by atoms with van der Waals surface area (Å²) in [7, 11) is 0. The summed E-state index contributed by atoms with van der Waals surface area (Å²) in [4.78, 5) is 14.5. The van der Waals surface area contributed by atoms with E-state index in [2.05, 4.69) is 32.9 Å². The molecule has 2 rings (SSSR count). The summed E-state index contributed by atoms with van der Waals surface area (Å²) in [6, 6.07) is 9.18. The van der Waals surface area contributed by atoms with Gasteiger partial charge in [0.25, 0.3) is 5.91 Å². The van der Waals surface area contributed by atoms with Gasteiger partial charge in [0.1, 0.15) is 5.69 Å². The van der Waals surface area contributed by atoms with Crippen molar-refractivity contribution in [2.75, 3.05) is 11.1 Å². The number of H-pyrrole nitrogens is 1. The van der Waals surface area contributed by atoms with Crippen LogP contribution in [0.25, 0.3) is 0 Å². The van der Waals surface area contributed by atoms with Gasteiger partial charge in [-0.25, -0.2) is 0 Å². The number of benzene rings is 1. The Hall–Kier alpha value is -1.50. The number of hydrogen-bond acceptors (Lipinski definition) is 2. The zero-order valence-corrected chi connectivity index (χ0v) is 10.5. The molecule has 4 nitrogen and oxygen atoms in total. The number of nitrogens with one attached hydrogen (secondary N) is 2. The fraction of sp³-hybridized carbons (Fsp3) is 0. The van der Waals surface area contributed by atoms with Gasteiger partial charge in [-0.2, -0.15) is 0 Å². The van der Waals surface area contributed by atoms with Gasteiger partial charge < -0.3 is 16.0 Å². The summed E-state index contributed by atoms with van der Waals surface area (Å²) in [6.07, 6.45) is 1.59. The van der Waals surface area contributed by atoms with Crippen LogP contribution in [-0.2, 0) is 0 Å². The number of carbonyl (C=O) groups excluding carboxylic acids is 1. The standard InChI is InChI=1S/C11H10IN3O/c12-7-2-1-3-9(4-7)15-11(16)10-5-8(13)6-14-10/h1-6,14H,13H2,(H,15,16). The predicted molar refractivity (Wildman–Crippen MR) is 72.3 cm³/mol. The molecule has 0 spiro atoms. The van der Waals surface area contributed by atoms with E-state index in [-0.39, 0.29) is 5.91 Å². The Balaban J connectivity index is 2.13. The first-order valence-corrected chi connectivity index (χ1v) is 5.74. The van der Waals surface area contributed by atoms with Gasteiger partial charge in [-0.1, -0.05) is 6.07 Å². The fourth-order valence-electron chi connectivity index (χ4n) is 1.31. The maximum Gasteiger partial charge on any atom is 0.272 e. The molecule has 16 heavy (non-hydrogen) atoms. The monoisotopic (exact) mass is 327 g/mol. The lowest BCUT2D eigenvalue weighted by Gasteiger charge is -2.03. The predicted octanol–water partition coefficient (Wildman–Crippen LogP) is 2.45. The molecular formula is C11H10IN3O. The minimum atomic E-state index is -0.196. The van der Waals surface area contributed by atoms with E-state index < -0.39 is 0 Å². The normalized spacial score (nSPS) is 10.1. The number of rotatable bonds is 2. The zero-order chi connectivity index (χ0) is 11.5. The molecule has 1 heterocycles. The first-order valence-electron chi connectivity index (χ1n) is 4.66. The number of nitrogens with two attached hydrogens (primary N) is 1. The quantitative estimate of drug-likeness (QED) is 0.742. The molecule has 5 heteroatoms. The van der Waals surface area contributed by atoms with Crippen molar-refractivity contribution in [3.05, 3.63) is 45.8 Å². The Labute approximate surface area is 106 Å². The van der Waals surface area contributed by atoms with E-state index in [4.69, 9.17) is 5.73 Å². The van der Waals surface area contributed by atoms with Gasteiger partial charge in [-0.3, -0.25) is 4.79 Å². The Morgan fingerprint density at radius 1 is 1.38 bits per heavy atom. The highest BCUT2D eigenvalue weighted by Crippen LogP contribution is 2.14. The number of aromatic amines is 1. The summed E-state index contributed by atoms with van der Waals surface area (Å²) >= 11 is 2.19. The smallest absolute Gasteiger partial charge is 0.272 e. The molecule has 0 radical (unpaired) electrons. The lowest BCUT2D eigenvalue weighted by atomic mass is 10.3. The maximum absolute atomic E-state index is 11.7. The van der Waals surface area contributed by atoms with Crippen molar-refractivity contribution in [3.63, 3.8) is 0 Å². The molecule has 0 unspecified atom stereocenters. The number of amides is 1. The number of hydrogen-bond donors (Lipinski definition) is 3. The SMILES string of the molecule is Nc1c[nH]c(C(=O)Nc2cccc(I)c2)c1. The third kappa shape index (κ3) is 2.54. The Morgan fingerprint density at radius 2 is 2.19 bits per heavy atom. The number of nitrogen functional groups attached to an aromatic ring is 1. The second-order valence-electron chi connectivity index (χ2n) is 3.31. The average Bonchev–Trinajstić information content (AvgIpc) is 2.65. The van der Waals surface area contributed by atoms with E-state index in [1.807, 2.05) is 24.3 Å². The molecule has 1 aromatic carbocycles. The second-order valence-corrected chi connectivity index (χ2v) is 4.56. The molecule has 2 aromatic rings. The van der Waals surface area contributed by atoms with Crippen molar-refractivity contribution < 1.29 is 4.79 Å². The van der Waals surface area contributed by atoms with E-state index in [0.717, 1.165) is 9.26 Å². The molecule has 0 saturated heterocycles. The van der Waals surface area contributed by atoms with Crippen LogP contribution in [0.3, 0.4) is 0 Å². The van der Waals surface area contributed by atoms with Crippen LogP contribution in [0.15, 0.2) is 36.5 Å². The Morgan fingerprint density at radius 3 is 2.81 bits per heavy atom. The number of halogens is 1. The highest BCUT2D eigenvalue weighted by molar-refractivity contribution is 14.1. The highest BCUT2D eigenvalue weighted by atomic mass is 127. The van der Waals surface area contributed by atoms with E-state index in [0.29, 0.717) is 11.4 Å². The third-order valence-electron chi connectivity index (χ3n) is 2.03. The molecule has 4 N–H and O–H groups in total. The van der Waals surface area contributed by atoms with Gasteiger partial charge in [0.05, 0.1) is 0 Å². The second kappa shape index (κ2) is 4.56. The van der Waals surface area contributed by atoms with Crippen LogP contribution in [0.1, 0.15) is 10.5 Å². The van der Waals surface area contributed by atoms with Gasteiger partial charge in [0, 0.05) is 21.1 Å². The number of carbonyl (C=O) groups is 1. The van der Waals surface area contributed by atoms with Crippen molar-refractivity contribution in [2.24, 2.45) is 0 Å². The van der Waals surface area contributed by atoms with Gasteiger partial charge in [0.15, 0.2) is 0 Å². The summed E-state index contributed by atoms with van der Waals surface area (Å²) in [5, 5.41) is 2.78. The van der Waals surface area contributed by atoms with Gasteiger partial charge in [-0.05, 0) is 46.9 Å². The van der Waals surface area contributed by atoms with Crippen LogP contribution in [0, 0.1) is 3.57 Å². The Kier molecular flexibility index (Phi) is 3.14. The highest BCUT2D eigenvalue weighted by Gasteiger charge is 2.07. The van der Waals surface area contributed by atoms with Crippen molar-refractivity contribution in [2.45, 2.75) is 0 Å². The zero-order valence-electron chi connectivity index (χ0n) is 8.33. The summed E-state index contributed by atoms with van der Waals surface area (Å²) in [5.41, 5.74) is 7.29. The molecule has 0 bridgehead atoms. The fourth-order valence-corrected chi connectivity index (χ4v) is 1.85. The van der Waals surface area contributed by atoms with Gasteiger partial charge >= 0.3 is 0 Å². The van der Waals surface area contributed by atoms with Crippen molar-refractivity contribution >= 4 is 39.9 Å². The van der Waals surface area contributed by atoms with E-state index in [1.54, 1.807) is 12.3 Å². The van der Waals surface area contributed by atoms with Crippen LogP contribution in [0.2, 0.25) is 0 Å². The molecule has 0 aliphatic carbocycles. The van der Waals surface area contributed by atoms with E-state index in [1.165, 1.54) is 0 Å². The van der Waals surface area contributed by atoms with Crippen LogP contribution in [-0.4, -0.2) is 10.9 Å². The minimum absolute atomic E-state index is 0.196. The summed E-state index contributed by atoms with van der Waals surface area (Å²) < 4.78 is 1.07. The molecule has 82 valence electrons. The largest absolute Gasteiger partial charge is 0.397 e. The van der Waals surface area contributed by atoms with E-state index in [9.17, 15) is 4.79 Å². The van der Waals surface area contributed by atoms with Crippen LogP contribution < -0.4 is 11.1 Å². The molecule has 0 aliphatic rings. The topological polar surface area (TPSA) is 70.9 Å². The Bertz CT molecular complexity index is 521. The van der Waals surface area contributed by atoms with E-state index >= 15 is 0 Å². The average molecular weight is 327 g/mol. The molecule has 0 fully saturated rings. The molecular weight excluding hydrogens is 317 g/mol. The summed E-state index contributed by atoms with van der Waals surface area (Å²) in [5.74, 6) is -0.196. The van der Waals surface area contributed by atoms with Crippen LogP contribution >= 0.6 is 22.6 Å². The molecule has 1 amide bonds. The maximum atomic E-state index is 11.7. The lowest BCUT2D eigenvalue weighted by Crippen LogP contribution is -2.12. The van der Waals surface area contributed by atoms with Crippen molar-refractivity contribution in [3.8, 4) is 0 Å².